The van der Waals surface area contributed by atoms with E-state index < -0.39 is 5.41 Å². The number of hydrogen-bond acceptors (Lipinski definition) is 2. The van der Waals surface area contributed by atoms with Crippen LogP contribution in [0, 0.1) is 5.82 Å². The second-order valence-corrected chi connectivity index (χ2v) is 3.72. The van der Waals surface area contributed by atoms with Crippen LogP contribution in [-0.2, 0) is 5.41 Å². The van der Waals surface area contributed by atoms with E-state index in [0.29, 0.717) is 18.5 Å². The van der Waals surface area contributed by atoms with E-state index in [-0.39, 0.29) is 12.4 Å². The van der Waals surface area contributed by atoms with Gasteiger partial charge in [0.05, 0.1) is 0 Å². The molecule has 0 radical (unpaired) electrons. The van der Waals surface area contributed by atoms with Crippen molar-refractivity contribution in [2.45, 2.75) is 18.8 Å². The Morgan fingerprint density at radius 1 is 1.43 bits per heavy atom. The van der Waals surface area contributed by atoms with Crippen LogP contribution >= 0.6 is 0 Å². The zero-order valence-corrected chi connectivity index (χ0v) is 8.33. The Labute approximate surface area is 83.6 Å². The molecule has 3 N–H and O–H groups in total. The van der Waals surface area contributed by atoms with E-state index in [1.165, 1.54) is 6.07 Å². The van der Waals surface area contributed by atoms with Crippen LogP contribution in [0.25, 0.3) is 0 Å². The summed E-state index contributed by atoms with van der Waals surface area (Å²) in [6, 6.07) is 6.57. The third kappa shape index (κ3) is 2.11. The standard InChI is InChI=1S/C11H16FNO/c1-11(8-13,6-7-14)9-4-2-3-5-10(9)12/h2-5,14H,6-8,13H2,1H3. The van der Waals surface area contributed by atoms with Crippen LogP contribution in [0.4, 0.5) is 4.39 Å². The third-order valence-electron chi connectivity index (χ3n) is 2.64. The summed E-state index contributed by atoms with van der Waals surface area (Å²) in [4.78, 5) is 0. The van der Waals surface area contributed by atoms with Crippen molar-refractivity contribution in [3.8, 4) is 0 Å². The van der Waals surface area contributed by atoms with Crippen molar-refractivity contribution in [3.05, 3.63) is 35.6 Å². The molecule has 0 amide bonds. The van der Waals surface area contributed by atoms with Crippen molar-refractivity contribution in [3.63, 3.8) is 0 Å². The Bertz CT molecular complexity index is 303. The van der Waals surface area contributed by atoms with Crippen LogP contribution in [0.15, 0.2) is 24.3 Å². The molecular formula is C11H16FNO. The van der Waals surface area contributed by atoms with Gasteiger partial charge >= 0.3 is 0 Å². The summed E-state index contributed by atoms with van der Waals surface area (Å²) >= 11 is 0. The Balaban J connectivity index is 3.05. The van der Waals surface area contributed by atoms with Gasteiger partial charge in [0.2, 0.25) is 0 Å². The summed E-state index contributed by atoms with van der Waals surface area (Å²) < 4.78 is 13.5. The minimum absolute atomic E-state index is 0.0159. The Kier molecular flexibility index (Phi) is 3.61. The molecule has 14 heavy (non-hydrogen) atoms. The van der Waals surface area contributed by atoms with E-state index in [1.807, 2.05) is 6.92 Å². The van der Waals surface area contributed by atoms with Crippen LogP contribution in [0.5, 0.6) is 0 Å². The van der Waals surface area contributed by atoms with E-state index >= 15 is 0 Å². The largest absolute Gasteiger partial charge is 0.396 e. The number of hydrogen-bond donors (Lipinski definition) is 2. The maximum absolute atomic E-state index is 13.5. The molecule has 0 saturated carbocycles. The first-order valence-electron chi connectivity index (χ1n) is 4.70. The van der Waals surface area contributed by atoms with Gasteiger partial charge in [0.15, 0.2) is 0 Å². The molecule has 78 valence electrons. The smallest absolute Gasteiger partial charge is 0.127 e. The minimum atomic E-state index is -0.472. The quantitative estimate of drug-likeness (QED) is 0.767. The summed E-state index contributed by atoms with van der Waals surface area (Å²) in [5, 5.41) is 8.91. The highest BCUT2D eigenvalue weighted by molar-refractivity contribution is 5.26. The number of aliphatic hydroxyl groups is 1. The van der Waals surface area contributed by atoms with Gasteiger partial charge in [0.1, 0.15) is 5.82 Å². The first-order valence-corrected chi connectivity index (χ1v) is 4.70. The van der Waals surface area contributed by atoms with Crippen LogP contribution < -0.4 is 5.73 Å². The molecule has 0 bridgehead atoms. The van der Waals surface area contributed by atoms with Gasteiger partial charge in [-0.05, 0) is 18.1 Å². The predicted molar refractivity (Wildman–Crippen MR) is 54.5 cm³/mol. The highest BCUT2D eigenvalue weighted by Gasteiger charge is 2.26. The maximum atomic E-state index is 13.5. The molecule has 1 unspecified atom stereocenters. The van der Waals surface area contributed by atoms with Gasteiger partial charge in [-0.15, -0.1) is 0 Å². The summed E-state index contributed by atoms with van der Waals surface area (Å²) in [6.07, 6.45) is 0.477. The summed E-state index contributed by atoms with van der Waals surface area (Å²) in [5.74, 6) is -0.256. The Morgan fingerprint density at radius 3 is 2.57 bits per heavy atom. The van der Waals surface area contributed by atoms with Gasteiger partial charge in [0, 0.05) is 18.6 Å². The first kappa shape index (κ1) is 11.1. The van der Waals surface area contributed by atoms with Crippen LogP contribution in [-0.4, -0.2) is 18.3 Å². The van der Waals surface area contributed by atoms with E-state index in [2.05, 4.69) is 0 Å². The predicted octanol–water partition coefficient (Wildman–Crippen LogP) is 1.42. The lowest BCUT2D eigenvalue weighted by molar-refractivity contribution is 0.244. The molecule has 1 aromatic carbocycles. The molecule has 0 saturated heterocycles. The number of nitrogens with two attached hydrogens (primary N) is 1. The summed E-state index contributed by atoms with van der Waals surface area (Å²) in [7, 11) is 0. The maximum Gasteiger partial charge on any atom is 0.127 e. The highest BCUT2D eigenvalue weighted by atomic mass is 19.1. The molecule has 1 aromatic rings. The monoisotopic (exact) mass is 197 g/mol. The van der Waals surface area contributed by atoms with E-state index in [4.69, 9.17) is 10.8 Å². The number of halogens is 1. The number of benzene rings is 1. The van der Waals surface area contributed by atoms with Gasteiger partial charge in [0.25, 0.3) is 0 Å². The molecular weight excluding hydrogens is 181 g/mol. The fraction of sp³-hybridized carbons (Fsp3) is 0.455. The Morgan fingerprint density at radius 2 is 2.07 bits per heavy atom. The van der Waals surface area contributed by atoms with Gasteiger partial charge < -0.3 is 10.8 Å². The number of rotatable bonds is 4. The van der Waals surface area contributed by atoms with Gasteiger partial charge in [-0.3, -0.25) is 0 Å². The van der Waals surface area contributed by atoms with E-state index in [1.54, 1.807) is 18.2 Å². The van der Waals surface area contributed by atoms with Crippen molar-refractivity contribution < 1.29 is 9.50 Å². The van der Waals surface area contributed by atoms with Crippen molar-refractivity contribution >= 4 is 0 Å². The van der Waals surface area contributed by atoms with Crippen LogP contribution in [0.1, 0.15) is 18.9 Å². The molecule has 0 heterocycles. The van der Waals surface area contributed by atoms with Crippen LogP contribution in [0.3, 0.4) is 0 Å². The number of aliphatic hydroxyl groups excluding tert-OH is 1. The molecule has 0 fully saturated rings. The van der Waals surface area contributed by atoms with Crippen molar-refractivity contribution in [2.75, 3.05) is 13.2 Å². The van der Waals surface area contributed by atoms with Gasteiger partial charge in [-0.1, -0.05) is 25.1 Å². The topological polar surface area (TPSA) is 46.2 Å². The summed E-state index contributed by atoms with van der Waals surface area (Å²) in [5.41, 5.74) is 5.72. The van der Waals surface area contributed by atoms with E-state index in [9.17, 15) is 4.39 Å². The molecule has 0 aromatic heterocycles. The lowest BCUT2D eigenvalue weighted by Gasteiger charge is -2.28. The average Bonchev–Trinajstić information content (AvgIpc) is 2.18. The normalized spacial score (nSPS) is 15.1. The van der Waals surface area contributed by atoms with Crippen LogP contribution in [0.2, 0.25) is 0 Å². The fourth-order valence-corrected chi connectivity index (χ4v) is 1.54. The first-order chi connectivity index (χ1) is 6.64. The molecule has 1 atom stereocenters. The van der Waals surface area contributed by atoms with Gasteiger partial charge in [-0.2, -0.15) is 0 Å². The molecule has 2 nitrogen and oxygen atoms in total. The zero-order chi connectivity index (χ0) is 10.6. The molecule has 0 spiro atoms. The minimum Gasteiger partial charge on any atom is -0.396 e. The Hall–Kier alpha value is -0.930. The third-order valence-corrected chi connectivity index (χ3v) is 2.64. The zero-order valence-electron chi connectivity index (χ0n) is 8.33. The molecule has 0 aliphatic heterocycles. The van der Waals surface area contributed by atoms with Crippen molar-refractivity contribution in [1.29, 1.82) is 0 Å². The fourth-order valence-electron chi connectivity index (χ4n) is 1.54. The molecule has 3 heteroatoms. The summed E-state index contributed by atoms with van der Waals surface area (Å²) in [6.45, 7) is 2.21. The second-order valence-electron chi connectivity index (χ2n) is 3.72. The lowest BCUT2D eigenvalue weighted by Crippen LogP contribution is -2.33. The van der Waals surface area contributed by atoms with Gasteiger partial charge in [-0.25, -0.2) is 4.39 Å². The van der Waals surface area contributed by atoms with Crippen molar-refractivity contribution in [2.24, 2.45) is 5.73 Å². The average molecular weight is 197 g/mol. The SMILES string of the molecule is CC(CN)(CCO)c1ccccc1F. The highest BCUT2D eigenvalue weighted by Crippen LogP contribution is 2.28. The molecule has 1 rings (SSSR count). The second kappa shape index (κ2) is 4.53. The van der Waals surface area contributed by atoms with E-state index in [0.717, 1.165) is 0 Å². The molecule has 0 aliphatic rings. The lowest BCUT2D eigenvalue weighted by atomic mass is 9.79. The molecule has 0 aliphatic carbocycles. The van der Waals surface area contributed by atoms with Crippen molar-refractivity contribution in [1.82, 2.24) is 0 Å².